The maximum absolute atomic E-state index is 13.6. The number of halogens is 3. The summed E-state index contributed by atoms with van der Waals surface area (Å²) in [5.74, 6) is -0.249. The number of aromatic nitrogens is 1. The van der Waals surface area contributed by atoms with Crippen LogP contribution < -0.4 is 10.6 Å². The number of pyridine rings is 1. The van der Waals surface area contributed by atoms with Gasteiger partial charge in [-0.3, -0.25) is 4.79 Å². The molecule has 0 bridgehead atoms. The summed E-state index contributed by atoms with van der Waals surface area (Å²) in [5, 5.41) is 6.13. The molecule has 1 aromatic carbocycles. The number of alkyl halides is 3. The summed E-state index contributed by atoms with van der Waals surface area (Å²) in [7, 11) is 1.81. The molecular weight excluding hydrogens is 343 g/mol. The van der Waals surface area contributed by atoms with Crippen molar-refractivity contribution in [1.29, 1.82) is 0 Å². The van der Waals surface area contributed by atoms with E-state index in [0.717, 1.165) is 25.8 Å². The molecule has 0 aliphatic heterocycles. The lowest BCUT2D eigenvalue weighted by Crippen LogP contribution is -2.27. The van der Waals surface area contributed by atoms with E-state index in [1.807, 2.05) is 7.05 Å². The van der Waals surface area contributed by atoms with E-state index in [0.29, 0.717) is 23.1 Å². The number of benzene rings is 1. The molecule has 1 aliphatic rings. The van der Waals surface area contributed by atoms with Crippen LogP contribution in [0.3, 0.4) is 0 Å². The van der Waals surface area contributed by atoms with Crippen molar-refractivity contribution >= 4 is 16.8 Å². The van der Waals surface area contributed by atoms with Gasteiger partial charge in [-0.2, -0.15) is 13.2 Å². The Morgan fingerprint density at radius 3 is 2.58 bits per heavy atom. The first-order valence-corrected chi connectivity index (χ1v) is 8.76. The molecule has 0 radical (unpaired) electrons. The van der Waals surface area contributed by atoms with Crippen LogP contribution in [0.5, 0.6) is 0 Å². The second-order valence-electron chi connectivity index (χ2n) is 6.77. The van der Waals surface area contributed by atoms with Crippen molar-refractivity contribution < 1.29 is 18.0 Å². The molecule has 2 aromatic rings. The first-order valence-electron chi connectivity index (χ1n) is 8.76. The van der Waals surface area contributed by atoms with Crippen molar-refractivity contribution in [3.05, 3.63) is 40.6 Å². The van der Waals surface area contributed by atoms with Crippen molar-refractivity contribution in [2.75, 3.05) is 20.1 Å². The van der Waals surface area contributed by atoms with E-state index in [9.17, 15) is 18.0 Å². The zero-order chi connectivity index (χ0) is 18.9. The van der Waals surface area contributed by atoms with E-state index in [4.69, 9.17) is 0 Å². The molecule has 1 aromatic heterocycles. The number of fused-ring (bicyclic) bond motifs is 1. The average Bonchev–Trinajstić information content (AvgIpc) is 3.42. The first-order chi connectivity index (χ1) is 12.3. The number of rotatable bonds is 6. The van der Waals surface area contributed by atoms with E-state index >= 15 is 0 Å². The van der Waals surface area contributed by atoms with Gasteiger partial charge in [0.25, 0.3) is 5.91 Å². The lowest BCUT2D eigenvalue weighted by atomic mass is 9.98. The van der Waals surface area contributed by atoms with Crippen LogP contribution >= 0.6 is 0 Å². The fourth-order valence-electron chi connectivity index (χ4n) is 3.06. The summed E-state index contributed by atoms with van der Waals surface area (Å²) in [4.78, 5) is 16.3. The minimum Gasteiger partial charge on any atom is -0.351 e. The zero-order valence-corrected chi connectivity index (χ0v) is 14.8. The van der Waals surface area contributed by atoms with E-state index < -0.39 is 17.6 Å². The molecule has 1 heterocycles. The normalized spacial score (nSPS) is 14.7. The number of nitrogens with zero attached hydrogens (tertiary/aromatic N) is 1. The van der Waals surface area contributed by atoms with Gasteiger partial charge in [0.15, 0.2) is 0 Å². The number of carbonyl (C=O) groups excluding carboxylic acids is 1. The Balaban J connectivity index is 2.00. The fraction of sp³-hybridized carbons (Fsp3) is 0.474. The van der Waals surface area contributed by atoms with Crippen LogP contribution in [0.25, 0.3) is 10.9 Å². The Bertz CT molecular complexity index is 829. The van der Waals surface area contributed by atoms with Crippen molar-refractivity contribution in [3.8, 4) is 0 Å². The molecule has 0 spiro atoms. The summed E-state index contributed by atoms with van der Waals surface area (Å²) in [6.45, 7) is 2.90. The summed E-state index contributed by atoms with van der Waals surface area (Å²) in [6.07, 6.45) is -1.94. The predicted molar refractivity (Wildman–Crippen MR) is 94.3 cm³/mol. The minimum atomic E-state index is -4.51. The highest BCUT2D eigenvalue weighted by Crippen LogP contribution is 2.44. The molecule has 26 heavy (non-hydrogen) atoms. The van der Waals surface area contributed by atoms with Crippen molar-refractivity contribution in [1.82, 2.24) is 15.6 Å². The van der Waals surface area contributed by atoms with Crippen LogP contribution in [-0.2, 0) is 6.18 Å². The third-order valence-electron chi connectivity index (χ3n) is 4.62. The van der Waals surface area contributed by atoms with Crippen molar-refractivity contribution in [2.45, 2.75) is 38.3 Å². The van der Waals surface area contributed by atoms with Gasteiger partial charge in [0.05, 0.1) is 11.1 Å². The lowest BCUT2D eigenvalue weighted by molar-refractivity contribution is -0.136. The summed E-state index contributed by atoms with van der Waals surface area (Å²) in [6, 6.07) is 4.55. The van der Waals surface area contributed by atoms with E-state index in [1.165, 1.54) is 6.07 Å². The van der Waals surface area contributed by atoms with Gasteiger partial charge in [-0.15, -0.1) is 0 Å². The number of carbonyl (C=O) groups is 1. The minimum absolute atomic E-state index is 0.0177. The van der Waals surface area contributed by atoms with Crippen LogP contribution in [0.15, 0.2) is 18.2 Å². The van der Waals surface area contributed by atoms with Gasteiger partial charge in [0.2, 0.25) is 0 Å². The topological polar surface area (TPSA) is 54.0 Å². The number of aryl methyl sites for hydroxylation is 1. The predicted octanol–water partition coefficient (Wildman–Crippen LogP) is 3.78. The highest BCUT2D eigenvalue weighted by atomic mass is 19.4. The standard InChI is InChI=1S/C19H22F3N3O/c1-11-8-16(18(26)24-7-3-6-23-2)25-17-14(11)9-13(12-4-5-12)10-15(17)19(20,21)22/h8-10,12,23H,3-7H2,1-2H3,(H,24,26). The molecule has 140 valence electrons. The monoisotopic (exact) mass is 365 g/mol. The van der Waals surface area contributed by atoms with Crippen molar-refractivity contribution in [2.24, 2.45) is 0 Å². The third kappa shape index (κ3) is 3.98. The molecule has 1 saturated carbocycles. The van der Waals surface area contributed by atoms with Crippen LogP contribution in [0.1, 0.15) is 52.4 Å². The number of nitrogens with one attached hydrogen (secondary N) is 2. The van der Waals surface area contributed by atoms with E-state index in [-0.39, 0.29) is 17.1 Å². The van der Waals surface area contributed by atoms with Gasteiger partial charge in [-0.05, 0) is 75.0 Å². The number of hydrogen-bond donors (Lipinski definition) is 2. The molecule has 1 aliphatic carbocycles. The summed E-state index contributed by atoms with van der Waals surface area (Å²) >= 11 is 0. The van der Waals surface area contributed by atoms with Gasteiger partial charge < -0.3 is 10.6 Å². The maximum atomic E-state index is 13.6. The van der Waals surface area contributed by atoms with E-state index in [1.54, 1.807) is 19.1 Å². The molecule has 7 heteroatoms. The quantitative estimate of drug-likeness (QED) is 0.766. The molecule has 0 atom stereocenters. The highest BCUT2D eigenvalue weighted by molar-refractivity contribution is 5.96. The fourth-order valence-corrected chi connectivity index (χ4v) is 3.06. The molecule has 1 fully saturated rings. The molecule has 1 amide bonds. The number of hydrogen-bond acceptors (Lipinski definition) is 3. The molecule has 3 rings (SSSR count). The van der Waals surface area contributed by atoms with Gasteiger partial charge >= 0.3 is 6.18 Å². The largest absolute Gasteiger partial charge is 0.418 e. The van der Waals surface area contributed by atoms with Gasteiger partial charge in [-0.1, -0.05) is 0 Å². The first kappa shape index (κ1) is 18.6. The average molecular weight is 365 g/mol. The molecule has 2 N–H and O–H groups in total. The smallest absolute Gasteiger partial charge is 0.351 e. The Labute approximate surface area is 150 Å². The highest BCUT2D eigenvalue weighted by Gasteiger charge is 2.36. The van der Waals surface area contributed by atoms with Crippen molar-refractivity contribution in [3.63, 3.8) is 0 Å². The van der Waals surface area contributed by atoms with Crippen LogP contribution in [-0.4, -0.2) is 31.0 Å². The summed E-state index contributed by atoms with van der Waals surface area (Å²) < 4.78 is 40.8. The second kappa shape index (κ2) is 7.23. The van der Waals surface area contributed by atoms with Crippen LogP contribution in [0.4, 0.5) is 13.2 Å². The maximum Gasteiger partial charge on any atom is 0.418 e. The Morgan fingerprint density at radius 2 is 1.96 bits per heavy atom. The zero-order valence-electron chi connectivity index (χ0n) is 14.8. The third-order valence-corrected chi connectivity index (χ3v) is 4.62. The Morgan fingerprint density at radius 1 is 1.23 bits per heavy atom. The molecular formula is C19H22F3N3O. The van der Waals surface area contributed by atoms with Crippen LogP contribution in [0.2, 0.25) is 0 Å². The lowest BCUT2D eigenvalue weighted by Gasteiger charge is -2.15. The molecule has 0 unspecified atom stereocenters. The van der Waals surface area contributed by atoms with Gasteiger partial charge in [0.1, 0.15) is 5.69 Å². The number of amides is 1. The van der Waals surface area contributed by atoms with E-state index in [2.05, 4.69) is 15.6 Å². The molecule has 4 nitrogen and oxygen atoms in total. The Hall–Kier alpha value is -2.15. The summed E-state index contributed by atoms with van der Waals surface area (Å²) in [5.41, 5.74) is 0.443. The molecule has 0 saturated heterocycles. The second-order valence-corrected chi connectivity index (χ2v) is 6.77. The van der Waals surface area contributed by atoms with Gasteiger partial charge in [0, 0.05) is 11.9 Å². The Kier molecular flexibility index (Phi) is 5.18. The van der Waals surface area contributed by atoms with Crippen LogP contribution in [0, 0.1) is 6.92 Å². The van der Waals surface area contributed by atoms with Gasteiger partial charge in [-0.25, -0.2) is 4.98 Å². The SMILES string of the molecule is CNCCCNC(=O)c1cc(C)c2cc(C3CC3)cc(C(F)(F)F)c2n1.